The van der Waals surface area contributed by atoms with E-state index in [-0.39, 0.29) is 19.0 Å². The monoisotopic (exact) mass is 307 g/mol. The van der Waals surface area contributed by atoms with Crippen LogP contribution in [0.15, 0.2) is 53.4 Å². The summed E-state index contributed by atoms with van der Waals surface area (Å²) in [6.07, 6.45) is -0.786. The van der Waals surface area contributed by atoms with Gasteiger partial charge in [-0.3, -0.25) is 0 Å². The number of aliphatic hydroxyl groups excluding tert-OH is 2. The van der Waals surface area contributed by atoms with Crippen LogP contribution >= 0.6 is 11.8 Å². The van der Waals surface area contributed by atoms with Gasteiger partial charge in [0.1, 0.15) is 5.82 Å². The molecular weight excluding hydrogens is 289 g/mol. The van der Waals surface area contributed by atoms with Gasteiger partial charge >= 0.3 is 0 Å². The van der Waals surface area contributed by atoms with Crippen LogP contribution in [-0.2, 0) is 5.75 Å². The molecule has 2 rings (SSSR count). The maximum absolute atomic E-state index is 13.1. The van der Waals surface area contributed by atoms with Crippen LogP contribution in [-0.4, -0.2) is 29.5 Å². The predicted octanol–water partition coefficient (Wildman–Crippen LogP) is 2.88. The molecule has 0 saturated carbocycles. The minimum atomic E-state index is -0.786. The quantitative estimate of drug-likeness (QED) is 0.689. The second-order valence-corrected chi connectivity index (χ2v) is 5.65. The Hall–Kier alpha value is -1.56. The molecule has 1 unspecified atom stereocenters. The lowest BCUT2D eigenvalue weighted by molar-refractivity contribution is 0.105. The summed E-state index contributed by atoms with van der Waals surface area (Å²) in [5, 5.41) is 21.3. The second kappa shape index (κ2) is 8.02. The largest absolute Gasteiger partial charge is 0.394 e. The van der Waals surface area contributed by atoms with Gasteiger partial charge in [0, 0.05) is 22.9 Å². The number of hydrogen-bond acceptors (Lipinski definition) is 4. The highest BCUT2D eigenvalue weighted by molar-refractivity contribution is 7.98. The molecule has 0 radical (unpaired) electrons. The van der Waals surface area contributed by atoms with E-state index in [1.165, 1.54) is 12.1 Å². The minimum absolute atomic E-state index is 0.231. The molecule has 0 spiro atoms. The average Bonchev–Trinajstić information content (AvgIpc) is 2.51. The van der Waals surface area contributed by atoms with Crippen LogP contribution in [0.4, 0.5) is 10.1 Å². The van der Waals surface area contributed by atoms with E-state index in [4.69, 9.17) is 5.11 Å². The van der Waals surface area contributed by atoms with E-state index in [0.717, 1.165) is 16.1 Å². The third kappa shape index (κ3) is 5.04. The number of para-hydroxylation sites is 1. The van der Waals surface area contributed by atoms with Crippen molar-refractivity contribution in [2.45, 2.75) is 16.8 Å². The third-order valence-electron chi connectivity index (χ3n) is 2.91. The smallest absolute Gasteiger partial charge is 0.123 e. The lowest BCUT2D eigenvalue weighted by Crippen LogP contribution is -2.23. The highest BCUT2D eigenvalue weighted by Gasteiger charge is 2.06. The van der Waals surface area contributed by atoms with Crippen molar-refractivity contribution >= 4 is 17.4 Å². The van der Waals surface area contributed by atoms with Gasteiger partial charge in [-0.15, -0.1) is 11.8 Å². The summed E-state index contributed by atoms with van der Waals surface area (Å²) in [5.74, 6) is 0.435. The van der Waals surface area contributed by atoms with Crippen molar-refractivity contribution in [2.24, 2.45) is 0 Å². The summed E-state index contributed by atoms with van der Waals surface area (Å²) in [4.78, 5) is 1.02. The van der Waals surface area contributed by atoms with E-state index in [9.17, 15) is 9.50 Å². The van der Waals surface area contributed by atoms with Crippen molar-refractivity contribution in [2.75, 3.05) is 18.5 Å². The van der Waals surface area contributed by atoms with Gasteiger partial charge in [0.25, 0.3) is 0 Å². The molecule has 3 N–H and O–H groups in total. The molecular formula is C16H18FNO2S. The standard InChI is InChI=1S/C16H18FNO2S/c17-13-5-3-4-12(8-13)11-21-16-7-2-1-6-15(16)18-9-14(20)10-19/h1-8,14,18-20H,9-11H2. The summed E-state index contributed by atoms with van der Waals surface area (Å²) in [7, 11) is 0. The number of rotatable bonds is 7. The van der Waals surface area contributed by atoms with Gasteiger partial charge in [-0.1, -0.05) is 24.3 Å². The lowest BCUT2D eigenvalue weighted by Gasteiger charge is -2.14. The normalized spacial score (nSPS) is 12.1. The molecule has 0 fully saturated rings. The Morgan fingerprint density at radius 3 is 2.71 bits per heavy atom. The summed E-state index contributed by atoms with van der Waals surface area (Å²) >= 11 is 1.59. The molecule has 0 aliphatic carbocycles. The van der Waals surface area contributed by atoms with E-state index in [1.807, 2.05) is 30.3 Å². The van der Waals surface area contributed by atoms with Crippen LogP contribution in [0.2, 0.25) is 0 Å². The van der Waals surface area contributed by atoms with Crippen LogP contribution in [0, 0.1) is 5.82 Å². The van der Waals surface area contributed by atoms with Gasteiger partial charge in [-0.25, -0.2) is 4.39 Å². The summed E-state index contributed by atoms with van der Waals surface area (Å²) in [6.45, 7) is 0.0135. The fraction of sp³-hybridized carbons (Fsp3) is 0.250. The van der Waals surface area contributed by atoms with E-state index in [1.54, 1.807) is 17.8 Å². The highest BCUT2D eigenvalue weighted by atomic mass is 32.2. The number of hydrogen-bond donors (Lipinski definition) is 3. The van der Waals surface area contributed by atoms with Crippen molar-refractivity contribution < 1.29 is 14.6 Å². The first kappa shape index (κ1) is 15.8. The third-order valence-corrected chi connectivity index (χ3v) is 4.05. The van der Waals surface area contributed by atoms with Crippen molar-refractivity contribution in [3.63, 3.8) is 0 Å². The van der Waals surface area contributed by atoms with Crippen molar-refractivity contribution in [1.82, 2.24) is 0 Å². The van der Waals surface area contributed by atoms with Gasteiger partial charge in [0.05, 0.1) is 12.7 Å². The predicted molar refractivity (Wildman–Crippen MR) is 84.0 cm³/mol. The first-order valence-electron chi connectivity index (χ1n) is 6.68. The molecule has 0 saturated heterocycles. The molecule has 0 aromatic heterocycles. The van der Waals surface area contributed by atoms with E-state index in [0.29, 0.717) is 5.75 Å². The van der Waals surface area contributed by atoms with Gasteiger partial charge in [0.15, 0.2) is 0 Å². The van der Waals surface area contributed by atoms with Crippen LogP contribution < -0.4 is 5.32 Å². The van der Waals surface area contributed by atoms with Crippen molar-refractivity contribution in [1.29, 1.82) is 0 Å². The molecule has 0 aliphatic heterocycles. The van der Waals surface area contributed by atoms with Gasteiger partial charge in [0.2, 0.25) is 0 Å². The first-order chi connectivity index (χ1) is 10.2. The Morgan fingerprint density at radius 2 is 1.95 bits per heavy atom. The molecule has 0 aliphatic rings. The molecule has 112 valence electrons. The van der Waals surface area contributed by atoms with Crippen LogP contribution in [0.25, 0.3) is 0 Å². The fourth-order valence-electron chi connectivity index (χ4n) is 1.82. The highest BCUT2D eigenvalue weighted by Crippen LogP contribution is 2.29. The number of thioether (sulfide) groups is 1. The lowest BCUT2D eigenvalue weighted by atomic mass is 10.2. The van der Waals surface area contributed by atoms with Gasteiger partial charge in [-0.2, -0.15) is 0 Å². The zero-order valence-electron chi connectivity index (χ0n) is 11.5. The molecule has 0 amide bonds. The Labute approximate surface area is 127 Å². The first-order valence-corrected chi connectivity index (χ1v) is 7.66. The van der Waals surface area contributed by atoms with E-state index in [2.05, 4.69) is 5.32 Å². The summed E-state index contributed by atoms with van der Waals surface area (Å²) in [5.41, 5.74) is 1.82. The Bertz CT molecular complexity index is 580. The number of halogens is 1. The number of nitrogens with one attached hydrogen (secondary N) is 1. The van der Waals surface area contributed by atoms with E-state index < -0.39 is 6.10 Å². The molecule has 21 heavy (non-hydrogen) atoms. The number of aliphatic hydroxyl groups is 2. The molecule has 5 heteroatoms. The SMILES string of the molecule is OCC(O)CNc1ccccc1SCc1cccc(F)c1. The summed E-state index contributed by atoms with van der Waals surface area (Å²) in [6, 6.07) is 14.3. The molecule has 2 aromatic carbocycles. The zero-order chi connectivity index (χ0) is 15.1. The van der Waals surface area contributed by atoms with Crippen LogP contribution in [0.5, 0.6) is 0 Å². The Morgan fingerprint density at radius 1 is 1.14 bits per heavy atom. The maximum atomic E-state index is 13.1. The molecule has 0 heterocycles. The van der Waals surface area contributed by atoms with Crippen molar-refractivity contribution in [3.8, 4) is 0 Å². The average molecular weight is 307 g/mol. The van der Waals surface area contributed by atoms with Crippen LogP contribution in [0.1, 0.15) is 5.56 Å². The molecule has 2 aromatic rings. The second-order valence-electron chi connectivity index (χ2n) is 4.63. The van der Waals surface area contributed by atoms with E-state index >= 15 is 0 Å². The van der Waals surface area contributed by atoms with Gasteiger partial charge in [-0.05, 0) is 29.8 Å². The topological polar surface area (TPSA) is 52.5 Å². The molecule has 3 nitrogen and oxygen atoms in total. The minimum Gasteiger partial charge on any atom is -0.394 e. The van der Waals surface area contributed by atoms with Crippen molar-refractivity contribution in [3.05, 3.63) is 59.9 Å². The van der Waals surface area contributed by atoms with Gasteiger partial charge < -0.3 is 15.5 Å². The Balaban J connectivity index is 1.99. The zero-order valence-corrected chi connectivity index (χ0v) is 12.3. The summed E-state index contributed by atoms with van der Waals surface area (Å²) < 4.78 is 13.1. The number of anilines is 1. The fourth-order valence-corrected chi connectivity index (χ4v) is 2.79. The maximum Gasteiger partial charge on any atom is 0.123 e. The Kier molecular flexibility index (Phi) is 6.04. The molecule has 0 bridgehead atoms. The van der Waals surface area contributed by atoms with Crippen LogP contribution in [0.3, 0.4) is 0 Å². The molecule has 1 atom stereocenters. The number of benzene rings is 2.